The molecule has 0 aliphatic carbocycles. The summed E-state index contributed by atoms with van der Waals surface area (Å²) in [6.45, 7) is 1.74. The standard InChI is InChI=1S/C14H14N2O3S/c1-8(7-11(18)19)13-12(16-14(15-2)20-13)9-3-5-10(17)6-4-9/h3-7,17H,1-2H3,(H,15,16)(H,18,19)/b8-7+. The number of aromatic hydroxyl groups is 1. The van der Waals surface area contributed by atoms with Gasteiger partial charge >= 0.3 is 5.97 Å². The molecule has 0 spiro atoms. The summed E-state index contributed by atoms with van der Waals surface area (Å²) in [5, 5.41) is 21.9. The molecule has 0 bridgehead atoms. The van der Waals surface area contributed by atoms with E-state index in [0.717, 1.165) is 16.5 Å². The van der Waals surface area contributed by atoms with E-state index in [4.69, 9.17) is 5.11 Å². The van der Waals surface area contributed by atoms with Crippen molar-refractivity contribution >= 4 is 28.0 Å². The predicted molar refractivity (Wildman–Crippen MR) is 80.0 cm³/mol. The van der Waals surface area contributed by atoms with Gasteiger partial charge in [0.15, 0.2) is 5.13 Å². The topological polar surface area (TPSA) is 82.5 Å². The lowest BCUT2D eigenvalue weighted by molar-refractivity contribution is -0.131. The van der Waals surface area contributed by atoms with Gasteiger partial charge in [-0.1, -0.05) is 11.3 Å². The van der Waals surface area contributed by atoms with Gasteiger partial charge in [-0.3, -0.25) is 0 Å². The molecule has 0 saturated carbocycles. The first-order chi connectivity index (χ1) is 9.51. The SMILES string of the molecule is CNc1nc(-c2ccc(O)cc2)c(/C(C)=C/C(=O)O)s1. The number of anilines is 1. The van der Waals surface area contributed by atoms with Gasteiger partial charge in [-0.25, -0.2) is 9.78 Å². The highest BCUT2D eigenvalue weighted by Gasteiger charge is 2.14. The summed E-state index contributed by atoms with van der Waals surface area (Å²) < 4.78 is 0. The molecule has 0 radical (unpaired) electrons. The number of carboxylic acids is 1. The molecule has 0 aliphatic heterocycles. The van der Waals surface area contributed by atoms with E-state index in [9.17, 15) is 9.90 Å². The molecular formula is C14H14N2O3S. The van der Waals surface area contributed by atoms with Crippen molar-refractivity contribution in [3.8, 4) is 17.0 Å². The summed E-state index contributed by atoms with van der Waals surface area (Å²) in [6, 6.07) is 6.66. The Kier molecular flexibility index (Phi) is 4.05. The molecule has 0 fully saturated rings. The van der Waals surface area contributed by atoms with Crippen LogP contribution >= 0.6 is 11.3 Å². The maximum absolute atomic E-state index is 10.8. The largest absolute Gasteiger partial charge is 0.508 e. The van der Waals surface area contributed by atoms with Gasteiger partial charge in [-0.15, -0.1) is 0 Å². The molecule has 1 aromatic heterocycles. The summed E-state index contributed by atoms with van der Waals surface area (Å²) in [7, 11) is 1.76. The Morgan fingerprint density at radius 1 is 1.35 bits per heavy atom. The summed E-state index contributed by atoms with van der Waals surface area (Å²) in [6.07, 6.45) is 1.16. The molecule has 0 amide bonds. The Hall–Kier alpha value is -2.34. The molecule has 0 unspecified atom stereocenters. The molecule has 5 nitrogen and oxygen atoms in total. The molecule has 1 aromatic carbocycles. The van der Waals surface area contributed by atoms with Crippen LogP contribution in [0.15, 0.2) is 30.3 Å². The Labute approximate surface area is 120 Å². The summed E-state index contributed by atoms with van der Waals surface area (Å²) in [4.78, 5) is 16.1. The maximum Gasteiger partial charge on any atom is 0.328 e. The number of nitrogens with one attached hydrogen (secondary N) is 1. The second kappa shape index (κ2) is 5.75. The van der Waals surface area contributed by atoms with Gasteiger partial charge in [0.2, 0.25) is 0 Å². The minimum atomic E-state index is -0.987. The van der Waals surface area contributed by atoms with Crippen LogP contribution in [-0.2, 0) is 4.79 Å². The van der Waals surface area contributed by atoms with Gasteiger partial charge in [0.05, 0.1) is 10.6 Å². The fourth-order valence-corrected chi connectivity index (χ4v) is 2.67. The van der Waals surface area contributed by atoms with Crippen molar-refractivity contribution in [2.45, 2.75) is 6.92 Å². The number of hydrogen-bond acceptors (Lipinski definition) is 5. The van der Waals surface area contributed by atoms with Gasteiger partial charge in [0, 0.05) is 18.7 Å². The highest BCUT2D eigenvalue weighted by atomic mass is 32.1. The zero-order chi connectivity index (χ0) is 14.7. The van der Waals surface area contributed by atoms with E-state index >= 15 is 0 Å². The normalized spacial score (nSPS) is 11.4. The van der Waals surface area contributed by atoms with E-state index < -0.39 is 5.97 Å². The zero-order valence-electron chi connectivity index (χ0n) is 11.0. The highest BCUT2D eigenvalue weighted by molar-refractivity contribution is 7.17. The van der Waals surface area contributed by atoms with Crippen LogP contribution in [0.1, 0.15) is 11.8 Å². The van der Waals surface area contributed by atoms with Crippen molar-refractivity contribution in [3.05, 3.63) is 35.2 Å². The lowest BCUT2D eigenvalue weighted by atomic mass is 10.1. The van der Waals surface area contributed by atoms with Crippen LogP contribution in [0.25, 0.3) is 16.8 Å². The number of aromatic nitrogens is 1. The molecule has 6 heteroatoms. The fraction of sp³-hybridized carbons (Fsp3) is 0.143. The van der Waals surface area contributed by atoms with Gasteiger partial charge in [-0.2, -0.15) is 0 Å². The third-order valence-corrected chi connectivity index (χ3v) is 3.89. The lowest BCUT2D eigenvalue weighted by Crippen LogP contribution is -1.90. The number of phenols is 1. The summed E-state index contributed by atoms with van der Waals surface area (Å²) in [5.74, 6) is -0.810. The number of allylic oxidation sites excluding steroid dienone is 1. The van der Waals surface area contributed by atoms with Gasteiger partial charge < -0.3 is 15.5 Å². The molecule has 2 aromatic rings. The number of nitrogens with zero attached hydrogens (tertiary/aromatic N) is 1. The van der Waals surface area contributed by atoms with E-state index in [1.165, 1.54) is 11.3 Å². The number of rotatable bonds is 4. The molecular weight excluding hydrogens is 276 g/mol. The number of carboxylic acid groups (broad SMARTS) is 1. The third-order valence-electron chi connectivity index (χ3n) is 2.68. The molecule has 0 saturated heterocycles. The Bertz CT molecular complexity index is 660. The van der Waals surface area contributed by atoms with Crippen molar-refractivity contribution in [1.82, 2.24) is 4.98 Å². The van der Waals surface area contributed by atoms with Crippen LogP contribution in [0, 0.1) is 0 Å². The Morgan fingerprint density at radius 2 is 2.00 bits per heavy atom. The molecule has 1 heterocycles. The highest BCUT2D eigenvalue weighted by Crippen LogP contribution is 2.36. The summed E-state index contributed by atoms with van der Waals surface area (Å²) >= 11 is 1.39. The number of aliphatic carboxylic acids is 1. The summed E-state index contributed by atoms with van der Waals surface area (Å²) in [5.41, 5.74) is 2.17. The molecule has 2 rings (SSSR count). The van der Waals surface area contributed by atoms with Crippen molar-refractivity contribution < 1.29 is 15.0 Å². The first kappa shape index (κ1) is 14.1. The fourth-order valence-electron chi connectivity index (χ4n) is 1.76. The lowest BCUT2D eigenvalue weighted by Gasteiger charge is -2.02. The van der Waals surface area contributed by atoms with E-state index in [1.807, 2.05) is 0 Å². The average Bonchev–Trinajstić information content (AvgIpc) is 2.83. The van der Waals surface area contributed by atoms with Gasteiger partial charge in [-0.05, 0) is 36.8 Å². The monoisotopic (exact) mass is 290 g/mol. The zero-order valence-corrected chi connectivity index (χ0v) is 11.9. The van der Waals surface area contributed by atoms with Gasteiger partial charge in [0.1, 0.15) is 5.75 Å². The van der Waals surface area contributed by atoms with Crippen molar-refractivity contribution in [3.63, 3.8) is 0 Å². The van der Waals surface area contributed by atoms with Crippen LogP contribution in [0.3, 0.4) is 0 Å². The molecule has 0 atom stereocenters. The number of benzene rings is 1. The Morgan fingerprint density at radius 3 is 2.55 bits per heavy atom. The minimum absolute atomic E-state index is 0.178. The van der Waals surface area contributed by atoms with E-state index in [0.29, 0.717) is 16.4 Å². The molecule has 3 N–H and O–H groups in total. The molecule has 104 valence electrons. The van der Waals surface area contributed by atoms with E-state index in [-0.39, 0.29) is 5.75 Å². The van der Waals surface area contributed by atoms with Crippen LogP contribution in [0.4, 0.5) is 5.13 Å². The predicted octanol–water partition coefficient (Wildman–Crippen LogP) is 3.05. The van der Waals surface area contributed by atoms with Crippen LogP contribution in [-0.4, -0.2) is 28.2 Å². The van der Waals surface area contributed by atoms with Crippen LogP contribution in [0.5, 0.6) is 5.75 Å². The average molecular weight is 290 g/mol. The maximum atomic E-state index is 10.8. The molecule has 20 heavy (non-hydrogen) atoms. The number of thiazole rings is 1. The first-order valence-corrected chi connectivity index (χ1v) is 6.72. The first-order valence-electron chi connectivity index (χ1n) is 5.91. The number of phenolic OH excluding ortho intramolecular Hbond substituents is 1. The third kappa shape index (κ3) is 2.97. The van der Waals surface area contributed by atoms with Crippen LogP contribution < -0.4 is 5.32 Å². The molecule has 0 aliphatic rings. The minimum Gasteiger partial charge on any atom is -0.508 e. The number of hydrogen-bond donors (Lipinski definition) is 3. The van der Waals surface area contributed by atoms with E-state index in [2.05, 4.69) is 10.3 Å². The van der Waals surface area contributed by atoms with Gasteiger partial charge in [0.25, 0.3) is 0 Å². The second-order valence-electron chi connectivity index (χ2n) is 4.16. The second-order valence-corrected chi connectivity index (χ2v) is 5.16. The van der Waals surface area contributed by atoms with Crippen LogP contribution in [0.2, 0.25) is 0 Å². The number of carbonyl (C=O) groups is 1. The Balaban J connectivity index is 2.54. The quantitative estimate of drug-likeness (QED) is 0.754. The van der Waals surface area contributed by atoms with Crippen molar-refractivity contribution in [1.29, 1.82) is 0 Å². The van der Waals surface area contributed by atoms with Crippen molar-refractivity contribution in [2.24, 2.45) is 0 Å². The van der Waals surface area contributed by atoms with E-state index in [1.54, 1.807) is 38.2 Å². The smallest absolute Gasteiger partial charge is 0.328 e. The van der Waals surface area contributed by atoms with Crippen molar-refractivity contribution in [2.75, 3.05) is 12.4 Å².